The smallest absolute Gasteiger partial charge is 0.799 e. The summed E-state index contributed by atoms with van der Waals surface area (Å²) in [6, 6.07) is 0. The van der Waals surface area contributed by atoms with Crippen molar-refractivity contribution in [1.82, 2.24) is 0 Å². The number of halogens is 1. The summed E-state index contributed by atoms with van der Waals surface area (Å²) >= 11 is 3.97. The molecule has 0 atom stereocenters. The van der Waals surface area contributed by atoms with E-state index in [1.807, 2.05) is 0 Å². The van der Waals surface area contributed by atoms with Crippen molar-refractivity contribution in [3.8, 4) is 0 Å². The van der Waals surface area contributed by atoms with Gasteiger partial charge in [0.1, 0.15) is 0 Å². The van der Waals surface area contributed by atoms with Gasteiger partial charge in [-0.05, 0) is 0 Å². The third-order valence-electron chi connectivity index (χ3n) is 0. The first kappa shape index (κ1) is 10.6. The summed E-state index contributed by atoms with van der Waals surface area (Å²) in [7, 11) is 0. The Kier molecular flexibility index (Phi) is 6.51. The Morgan fingerprint density at radius 3 is 1.50 bits per heavy atom. The number of hydrogen-bond donors (Lipinski definition) is 0. The van der Waals surface area contributed by atoms with Gasteiger partial charge in [-0.15, -0.1) is 0 Å². The van der Waals surface area contributed by atoms with E-state index in [9.17, 15) is 0 Å². The predicted molar refractivity (Wildman–Crippen MR) is 19.2 cm³/mol. The molecule has 0 heterocycles. The molecule has 6 heteroatoms. The minimum atomic E-state index is -4.67. The van der Waals surface area contributed by atoms with Crippen molar-refractivity contribution in [2.45, 2.75) is 0 Å². The zero-order valence-electron chi connectivity index (χ0n) is 2.76. The molecule has 6 heavy (non-hydrogen) atoms. The zero-order chi connectivity index (χ0) is 4.50. The van der Waals surface area contributed by atoms with Crippen molar-refractivity contribution in [3.63, 3.8) is 0 Å². The van der Waals surface area contributed by atoms with E-state index < -0.39 is 6.95 Å². The first-order chi connectivity index (χ1) is 2.00. The molecule has 0 spiro atoms. The average molecular weight is 155 g/mol. The molecule has 0 saturated heterocycles. The minimum Gasteiger partial charge on any atom is -0.799 e. The molecule has 0 radical (unpaired) electrons. The summed E-state index contributed by atoms with van der Waals surface area (Å²) in [5.74, 6) is 0. The maximum Gasteiger partial charge on any atom is 2.00 e. The van der Waals surface area contributed by atoms with Crippen molar-refractivity contribution >= 4 is 55.9 Å². The first-order valence-electron chi connectivity index (χ1n) is 0.717. The Hall–Kier alpha value is 1.70. The van der Waals surface area contributed by atoms with E-state index in [-0.39, 0.29) is 37.7 Å². The fourth-order valence-corrected chi connectivity index (χ4v) is 0. The molecule has 0 aromatic heterocycles. The van der Waals surface area contributed by atoms with Gasteiger partial charge in [-0.25, -0.2) is 0 Å². The molecule has 0 unspecified atom stereocenters. The van der Waals surface area contributed by atoms with E-state index in [0.29, 0.717) is 0 Å². The third kappa shape index (κ3) is 43.6. The predicted octanol–water partition coefficient (Wildman–Crippen LogP) is -1.33. The quantitative estimate of drug-likeness (QED) is 0.321. The van der Waals surface area contributed by atoms with E-state index in [4.69, 9.17) is 14.4 Å². The van der Waals surface area contributed by atoms with Crippen LogP contribution in [-0.4, -0.2) is 37.7 Å². The van der Waals surface area contributed by atoms with Crippen LogP contribution in [0.3, 0.4) is 0 Å². The van der Waals surface area contributed by atoms with Crippen LogP contribution >= 0.6 is 18.2 Å². The Morgan fingerprint density at radius 1 is 1.50 bits per heavy atom. The topological polar surface area (TPSA) is 63.2 Å². The van der Waals surface area contributed by atoms with E-state index >= 15 is 0 Å². The van der Waals surface area contributed by atoms with Crippen LogP contribution in [0.25, 0.3) is 0 Å². The summed E-state index contributed by atoms with van der Waals surface area (Å²) in [4.78, 5) is 17.7. The van der Waals surface area contributed by atoms with Gasteiger partial charge in [-0.3, -0.25) is 0 Å². The molecule has 0 bridgehead atoms. The van der Waals surface area contributed by atoms with Gasteiger partial charge in [0.05, 0.1) is 0 Å². The maximum atomic E-state index is 8.87. The largest absolute Gasteiger partial charge is 2.00 e. The average Bonchev–Trinajstić information content (AvgIpc) is 0.722. The molecule has 0 aliphatic rings. The van der Waals surface area contributed by atoms with Gasteiger partial charge in [0.15, 0.2) is 0 Å². The Balaban J connectivity index is 0. The normalized spacial score (nSPS) is 9.83. The molecule has 0 rings (SSSR count). The van der Waals surface area contributed by atoms with Crippen molar-refractivity contribution < 1.29 is 14.4 Å². The molecule has 3 nitrogen and oxygen atoms in total. The van der Waals surface area contributed by atoms with E-state index in [1.165, 1.54) is 0 Å². The van der Waals surface area contributed by atoms with Gasteiger partial charge >= 0.3 is 37.7 Å². The molecule has 0 N–H and O–H groups in total. The second-order valence-corrected chi connectivity index (χ2v) is 2.53. The van der Waals surface area contributed by atoms with Crippen LogP contribution in [0.15, 0.2) is 0 Å². The van der Waals surface area contributed by atoms with Gasteiger partial charge in [0.25, 0.3) is 0 Å². The molecule has 0 aromatic rings. The molecule has 0 saturated carbocycles. The van der Waals surface area contributed by atoms with Crippen LogP contribution in [0.4, 0.5) is 0 Å². The summed E-state index contributed by atoms with van der Waals surface area (Å²) < 4.78 is 8.87. The van der Waals surface area contributed by atoms with Crippen molar-refractivity contribution in [2.24, 2.45) is 0 Å². The van der Waals surface area contributed by atoms with Crippen molar-refractivity contribution in [2.75, 3.05) is 0 Å². The van der Waals surface area contributed by atoms with Gasteiger partial charge in [0, 0.05) is 6.95 Å². The third-order valence-corrected chi connectivity index (χ3v) is 0. The fraction of sp³-hybridized carbons (Fsp3) is 0. The molecular formula is CaClO3P. The van der Waals surface area contributed by atoms with Crippen LogP contribution in [0.2, 0.25) is 0 Å². The van der Waals surface area contributed by atoms with Gasteiger partial charge in [-0.1, -0.05) is 11.2 Å². The van der Waals surface area contributed by atoms with Crippen molar-refractivity contribution in [3.05, 3.63) is 0 Å². The molecule has 32 valence electrons. The maximum absolute atomic E-state index is 8.87. The summed E-state index contributed by atoms with van der Waals surface area (Å²) in [6.45, 7) is -4.67. The van der Waals surface area contributed by atoms with Crippen LogP contribution in [-0.2, 0) is 4.57 Å². The SMILES string of the molecule is O=P([O-])([O-])Cl.[Ca+2]. The van der Waals surface area contributed by atoms with E-state index in [1.54, 1.807) is 0 Å². The Bertz CT molecular complexity index is 56.9. The summed E-state index contributed by atoms with van der Waals surface area (Å²) in [5.41, 5.74) is 0. The Morgan fingerprint density at radius 2 is 1.50 bits per heavy atom. The van der Waals surface area contributed by atoms with Gasteiger partial charge in [0.2, 0.25) is 0 Å². The molecule has 0 aliphatic carbocycles. The molecule has 0 amide bonds. The van der Waals surface area contributed by atoms with Crippen LogP contribution in [0.5, 0.6) is 0 Å². The van der Waals surface area contributed by atoms with Crippen molar-refractivity contribution in [1.29, 1.82) is 0 Å². The second-order valence-electron chi connectivity index (χ2n) is 0.431. The van der Waals surface area contributed by atoms with Gasteiger partial charge in [-0.2, -0.15) is 0 Å². The zero-order valence-corrected chi connectivity index (χ0v) is 6.62. The molecular weight excluding hydrogens is 155 g/mol. The Labute approximate surface area is 69.6 Å². The fourth-order valence-electron chi connectivity index (χ4n) is 0. The summed E-state index contributed by atoms with van der Waals surface area (Å²) in [5, 5.41) is 0. The number of hydrogen-bond acceptors (Lipinski definition) is 3. The van der Waals surface area contributed by atoms with E-state index in [2.05, 4.69) is 11.2 Å². The van der Waals surface area contributed by atoms with Crippen LogP contribution in [0, 0.1) is 0 Å². The van der Waals surface area contributed by atoms with Gasteiger partial charge < -0.3 is 14.4 Å². The molecule has 0 aromatic carbocycles. The minimum absolute atomic E-state index is 0. The molecule has 0 fully saturated rings. The van der Waals surface area contributed by atoms with Crippen LogP contribution in [0.1, 0.15) is 0 Å². The standard InChI is InChI=1S/Ca.ClH2O3P/c;1-5(2,3)4/h;(H2,2,3,4)/q+2;/p-2. The molecule has 0 aliphatic heterocycles. The second kappa shape index (κ2) is 3.67. The number of rotatable bonds is 0. The summed E-state index contributed by atoms with van der Waals surface area (Å²) in [6.07, 6.45) is 0. The first-order valence-corrected chi connectivity index (χ1v) is 3.16. The van der Waals surface area contributed by atoms with Crippen LogP contribution < -0.4 is 9.79 Å². The monoisotopic (exact) mass is 154 g/mol. The van der Waals surface area contributed by atoms with E-state index in [0.717, 1.165) is 0 Å².